The van der Waals surface area contributed by atoms with Gasteiger partial charge in [-0.3, -0.25) is 4.79 Å². The Hall–Kier alpha value is -0.770. The number of carbonyl (C=O) groups is 1. The van der Waals surface area contributed by atoms with Crippen LogP contribution in [0.2, 0.25) is 10.0 Å². The Morgan fingerprint density at radius 1 is 1.50 bits per heavy atom. The number of rotatable bonds is 4. The molecule has 5 heteroatoms. The molecule has 0 fully saturated rings. The molecule has 0 aliphatic rings. The molecule has 16 heavy (non-hydrogen) atoms. The summed E-state index contributed by atoms with van der Waals surface area (Å²) in [5, 5.41) is 1.14. The van der Waals surface area contributed by atoms with Crippen molar-refractivity contribution in [3.63, 3.8) is 0 Å². The lowest BCUT2D eigenvalue weighted by atomic mass is 10.0. The lowest BCUT2D eigenvalue weighted by Gasteiger charge is -2.11. The van der Waals surface area contributed by atoms with E-state index in [-0.39, 0.29) is 18.4 Å². The molecule has 2 N–H and O–H groups in total. The summed E-state index contributed by atoms with van der Waals surface area (Å²) in [6, 6.07) is 4.91. The number of hydrogen-bond acceptors (Lipinski definition) is 3. The Labute approximate surface area is 104 Å². The molecular weight excluding hydrogens is 249 g/mol. The third-order valence-corrected chi connectivity index (χ3v) is 2.74. The van der Waals surface area contributed by atoms with E-state index in [0.717, 1.165) is 5.56 Å². The van der Waals surface area contributed by atoms with E-state index in [1.807, 2.05) is 6.07 Å². The van der Waals surface area contributed by atoms with Crippen molar-refractivity contribution in [1.82, 2.24) is 0 Å². The second-order valence-electron chi connectivity index (χ2n) is 3.48. The van der Waals surface area contributed by atoms with Crippen molar-refractivity contribution in [3.05, 3.63) is 33.8 Å². The summed E-state index contributed by atoms with van der Waals surface area (Å²) in [4.78, 5) is 11.0. The summed E-state index contributed by atoms with van der Waals surface area (Å²) in [6.45, 7) is 0. The van der Waals surface area contributed by atoms with Crippen molar-refractivity contribution in [1.29, 1.82) is 0 Å². The molecule has 1 aromatic carbocycles. The Kier molecular flexibility index (Phi) is 5.06. The minimum atomic E-state index is -0.322. The van der Waals surface area contributed by atoms with Gasteiger partial charge >= 0.3 is 5.97 Å². The van der Waals surface area contributed by atoms with Gasteiger partial charge in [0.15, 0.2) is 0 Å². The van der Waals surface area contributed by atoms with Gasteiger partial charge in [-0.1, -0.05) is 29.3 Å². The molecule has 0 heterocycles. The van der Waals surface area contributed by atoms with Crippen LogP contribution in [0.1, 0.15) is 12.0 Å². The molecule has 3 nitrogen and oxygen atoms in total. The van der Waals surface area contributed by atoms with Gasteiger partial charge in [0.25, 0.3) is 0 Å². The van der Waals surface area contributed by atoms with Gasteiger partial charge in [-0.2, -0.15) is 0 Å². The molecule has 0 bridgehead atoms. The van der Waals surface area contributed by atoms with E-state index >= 15 is 0 Å². The zero-order valence-corrected chi connectivity index (χ0v) is 10.4. The van der Waals surface area contributed by atoms with E-state index in [2.05, 4.69) is 4.74 Å². The lowest BCUT2D eigenvalue weighted by Crippen LogP contribution is -2.26. The third-order valence-electron chi connectivity index (χ3n) is 2.15. The predicted molar refractivity (Wildman–Crippen MR) is 64.8 cm³/mol. The molecule has 1 unspecified atom stereocenters. The van der Waals surface area contributed by atoms with Crippen molar-refractivity contribution in [2.24, 2.45) is 5.73 Å². The highest BCUT2D eigenvalue weighted by Gasteiger charge is 2.12. The first-order valence-corrected chi connectivity index (χ1v) is 5.55. The van der Waals surface area contributed by atoms with Crippen molar-refractivity contribution in [2.75, 3.05) is 7.11 Å². The number of nitrogens with two attached hydrogens (primary N) is 1. The number of carbonyl (C=O) groups excluding carboxylic acids is 1. The smallest absolute Gasteiger partial charge is 0.307 e. The largest absolute Gasteiger partial charge is 0.469 e. The Bertz CT molecular complexity index is 382. The van der Waals surface area contributed by atoms with Gasteiger partial charge in [-0.15, -0.1) is 0 Å². The van der Waals surface area contributed by atoms with Crippen molar-refractivity contribution >= 4 is 29.2 Å². The van der Waals surface area contributed by atoms with Gasteiger partial charge in [0.1, 0.15) is 0 Å². The standard InChI is InChI=1S/C11H13Cl2NO2/c1-16-11(15)6-9(14)4-7-2-3-8(12)5-10(7)13/h2-3,5,9H,4,6,14H2,1H3. The first-order valence-electron chi connectivity index (χ1n) is 4.79. The Morgan fingerprint density at radius 2 is 2.19 bits per heavy atom. The quantitative estimate of drug-likeness (QED) is 0.848. The van der Waals surface area contributed by atoms with Crippen LogP contribution in [-0.4, -0.2) is 19.1 Å². The van der Waals surface area contributed by atoms with Crippen molar-refractivity contribution < 1.29 is 9.53 Å². The Balaban J connectivity index is 2.62. The summed E-state index contributed by atoms with van der Waals surface area (Å²) in [7, 11) is 1.34. The zero-order chi connectivity index (χ0) is 12.1. The first-order chi connectivity index (χ1) is 7.52. The summed E-state index contributed by atoms with van der Waals surface area (Å²) in [6.07, 6.45) is 0.695. The molecule has 1 aromatic rings. The normalized spacial score (nSPS) is 12.2. The fourth-order valence-corrected chi connectivity index (χ4v) is 1.82. The van der Waals surface area contributed by atoms with E-state index in [1.165, 1.54) is 7.11 Å². The lowest BCUT2D eigenvalue weighted by molar-refractivity contribution is -0.140. The fourth-order valence-electron chi connectivity index (χ4n) is 1.34. The fraction of sp³-hybridized carbons (Fsp3) is 0.364. The molecule has 0 saturated carbocycles. The van der Waals surface area contributed by atoms with Crippen LogP contribution in [0.3, 0.4) is 0 Å². The summed E-state index contributed by atoms with van der Waals surface area (Å²) < 4.78 is 4.53. The van der Waals surface area contributed by atoms with Crippen LogP contribution in [0.15, 0.2) is 18.2 Å². The zero-order valence-electron chi connectivity index (χ0n) is 8.87. The minimum Gasteiger partial charge on any atom is -0.469 e. The monoisotopic (exact) mass is 261 g/mol. The molecular formula is C11H13Cl2NO2. The average molecular weight is 262 g/mol. The van der Waals surface area contributed by atoms with Gasteiger partial charge in [0.2, 0.25) is 0 Å². The van der Waals surface area contributed by atoms with Gasteiger partial charge in [0.05, 0.1) is 13.5 Å². The van der Waals surface area contributed by atoms with Crippen LogP contribution in [0.4, 0.5) is 0 Å². The topological polar surface area (TPSA) is 52.3 Å². The maximum Gasteiger partial charge on any atom is 0.307 e. The number of benzene rings is 1. The van der Waals surface area contributed by atoms with E-state index < -0.39 is 0 Å². The first kappa shape index (κ1) is 13.3. The highest BCUT2D eigenvalue weighted by molar-refractivity contribution is 6.35. The summed E-state index contributed by atoms with van der Waals surface area (Å²) in [5.41, 5.74) is 6.67. The van der Waals surface area contributed by atoms with Crippen LogP contribution >= 0.6 is 23.2 Å². The molecule has 0 aliphatic heterocycles. The summed E-state index contributed by atoms with van der Waals surface area (Å²) in [5.74, 6) is -0.322. The van der Waals surface area contributed by atoms with E-state index in [9.17, 15) is 4.79 Å². The molecule has 1 rings (SSSR count). The number of esters is 1. The number of hydrogen-bond donors (Lipinski definition) is 1. The second-order valence-corrected chi connectivity index (χ2v) is 4.32. The Morgan fingerprint density at radius 3 is 2.75 bits per heavy atom. The number of ether oxygens (including phenoxy) is 1. The SMILES string of the molecule is COC(=O)CC(N)Cc1ccc(Cl)cc1Cl. The highest BCUT2D eigenvalue weighted by Crippen LogP contribution is 2.22. The maximum absolute atomic E-state index is 11.0. The van der Waals surface area contributed by atoms with Crippen LogP contribution in [0, 0.1) is 0 Å². The summed E-state index contributed by atoms with van der Waals surface area (Å²) >= 11 is 11.8. The minimum absolute atomic E-state index is 0.176. The molecule has 0 aliphatic carbocycles. The third kappa shape index (κ3) is 4.00. The van der Waals surface area contributed by atoms with Gasteiger partial charge in [0, 0.05) is 16.1 Å². The van der Waals surface area contributed by atoms with Crippen molar-refractivity contribution in [3.8, 4) is 0 Å². The number of methoxy groups -OCH3 is 1. The van der Waals surface area contributed by atoms with Gasteiger partial charge < -0.3 is 10.5 Å². The molecule has 88 valence electrons. The van der Waals surface area contributed by atoms with E-state index in [4.69, 9.17) is 28.9 Å². The highest BCUT2D eigenvalue weighted by atomic mass is 35.5. The average Bonchev–Trinajstić information content (AvgIpc) is 2.22. The predicted octanol–water partition coefficient (Wildman–Crippen LogP) is 2.43. The van der Waals surface area contributed by atoms with Crippen LogP contribution < -0.4 is 5.73 Å². The molecule has 0 radical (unpaired) electrons. The van der Waals surface area contributed by atoms with Gasteiger partial charge in [-0.25, -0.2) is 0 Å². The molecule has 0 amide bonds. The van der Waals surface area contributed by atoms with Crippen molar-refractivity contribution in [2.45, 2.75) is 18.9 Å². The second kappa shape index (κ2) is 6.09. The maximum atomic E-state index is 11.0. The molecule has 0 aromatic heterocycles. The van der Waals surface area contributed by atoms with Crippen LogP contribution in [0.25, 0.3) is 0 Å². The van der Waals surface area contributed by atoms with Gasteiger partial charge in [-0.05, 0) is 24.1 Å². The molecule has 0 saturated heterocycles. The molecule has 0 spiro atoms. The van der Waals surface area contributed by atoms with E-state index in [0.29, 0.717) is 16.5 Å². The molecule has 1 atom stereocenters. The number of halogens is 2. The van der Waals surface area contributed by atoms with E-state index in [1.54, 1.807) is 12.1 Å². The van der Waals surface area contributed by atoms with Crippen LogP contribution in [-0.2, 0) is 16.0 Å². The van der Waals surface area contributed by atoms with Crippen LogP contribution in [0.5, 0.6) is 0 Å².